The Morgan fingerprint density at radius 2 is 1.46 bits per heavy atom. The number of para-hydroxylation sites is 3. The Bertz CT molecular complexity index is 1540. The third-order valence-electron chi connectivity index (χ3n) is 7.73. The Morgan fingerprint density at radius 3 is 2.23 bits per heavy atom. The molecule has 0 spiro atoms. The van der Waals surface area contributed by atoms with Gasteiger partial charge in [-0.3, -0.25) is 4.99 Å². The topological polar surface area (TPSA) is 46.0 Å². The highest BCUT2D eigenvalue weighted by atomic mass is 16.5. The normalized spacial score (nSPS) is 17.8. The molecule has 4 aromatic carbocycles. The second kappa shape index (κ2) is 10.5. The zero-order valence-corrected chi connectivity index (χ0v) is 23.1. The van der Waals surface area contributed by atoms with Gasteiger partial charge < -0.3 is 10.1 Å². The van der Waals surface area contributed by atoms with Gasteiger partial charge in [0.05, 0.1) is 16.9 Å². The number of fused-ring (bicyclic) bond motifs is 3. The van der Waals surface area contributed by atoms with Crippen LogP contribution in [0.15, 0.2) is 101 Å². The molecule has 2 atom stereocenters. The molecule has 1 N–H and O–H groups in total. The van der Waals surface area contributed by atoms with E-state index in [1.807, 2.05) is 18.3 Å². The van der Waals surface area contributed by atoms with Crippen molar-refractivity contribution in [2.45, 2.75) is 58.1 Å². The molecule has 4 nitrogen and oxygen atoms in total. The van der Waals surface area contributed by atoms with Gasteiger partial charge in [0.25, 0.3) is 0 Å². The molecule has 6 rings (SSSR count). The molecular weight excluding hydrogens is 478 g/mol. The van der Waals surface area contributed by atoms with Gasteiger partial charge in [0.1, 0.15) is 12.1 Å². The molecule has 39 heavy (non-hydrogen) atoms. The van der Waals surface area contributed by atoms with Crippen molar-refractivity contribution in [3.8, 4) is 0 Å². The lowest BCUT2D eigenvalue weighted by Crippen LogP contribution is -2.14. The van der Waals surface area contributed by atoms with Crippen molar-refractivity contribution in [1.82, 2.24) is 0 Å². The Labute approximate surface area is 231 Å². The number of nitrogens with zero attached hydrogens (tertiary/aromatic N) is 2. The molecule has 0 bridgehead atoms. The standard InChI is InChI=1S/C35H35N3O/c1-22(2)26-16-11-17-27(23(3)4)33(26)36-21-25-13-6-9-18-30(25)37-31-19-10-8-15-29(31)35-38-34-28-14-7-5-12-24(28)20-32(34)39-35/h5-19,21-23,32,34,37H,20H2,1-4H3. The van der Waals surface area contributed by atoms with Crippen LogP contribution in [0.25, 0.3) is 0 Å². The van der Waals surface area contributed by atoms with Crippen LogP contribution in [0.3, 0.4) is 0 Å². The largest absolute Gasteiger partial charge is 0.471 e. The van der Waals surface area contributed by atoms with E-state index in [1.54, 1.807) is 0 Å². The Kier molecular flexibility index (Phi) is 6.78. The van der Waals surface area contributed by atoms with Crippen LogP contribution in [0.2, 0.25) is 0 Å². The van der Waals surface area contributed by atoms with Crippen molar-refractivity contribution < 1.29 is 4.74 Å². The van der Waals surface area contributed by atoms with Crippen molar-refractivity contribution in [1.29, 1.82) is 0 Å². The van der Waals surface area contributed by atoms with Crippen molar-refractivity contribution in [2.24, 2.45) is 9.98 Å². The van der Waals surface area contributed by atoms with E-state index in [2.05, 4.69) is 112 Å². The smallest absolute Gasteiger partial charge is 0.219 e. The molecule has 4 heteroatoms. The van der Waals surface area contributed by atoms with Crippen LogP contribution in [0.5, 0.6) is 0 Å². The summed E-state index contributed by atoms with van der Waals surface area (Å²) in [5, 5.41) is 3.66. The fourth-order valence-electron chi connectivity index (χ4n) is 5.67. The molecule has 4 aromatic rings. The van der Waals surface area contributed by atoms with E-state index in [0.29, 0.717) is 17.7 Å². The molecule has 0 saturated heterocycles. The summed E-state index contributed by atoms with van der Waals surface area (Å²) in [4.78, 5) is 10.1. The van der Waals surface area contributed by atoms with E-state index < -0.39 is 0 Å². The van der Waals surface area contributed by atoms with E-state index >= 15 is 0 Å². The second-order valence-electron chi connectivity index (χ2n) is 11.0. The number of ether oxygens (including phenoxy) is 1. The number of hydrogen-bond donors (Lipinski definition) is 1. The fraction of sp³-hybridized carbons (Fsp3) is 0.257. The van der Waals surface area contributed by atoms with Gasteiger partial charge in [-0.1, -0.05) is 100 Å². The molecule has 2 aliphatic rings. The van der Waals surface area contributed by atoms with Crippen molar-refractivity contribution >= 4 is 29.2 Å². The Hall–Kier alpha value is -4.18. The molecule has 2 unspecified atom stereocenters. The van der Waals surface area contributed by atoms with Gasteiger partial charge in [0, 0.05) is 23.9 Å². The van der Waals surface area contributed by atoms with Crippen LogP contribution >= 0.6 is 0 Å². The number of hydrogen-bond acceptors (Lipinski definition) is 4. The molecule has 1 heterocycles. The average molecular weight is 514 g/mol. The molecule has 0 fully saturated rings. The maximum absolute atomic E-state index is 6.42. The number of rotatable bonds is 7. The first-order valence-corrected chi connectivity index (χ1v) is 13.9. The summed E-state index contributed by atoms with van der Waals surface area (Å²) in [6, 6.07) is 31.7. The van der Waals surface area contributed by atoms with Crippen LogP contribution in [-0.2, 0) is 11.2 Å². The van der Waals surface area contributed by atoms with E-state index in [0.717, 1.165) is 34.6 Å². The fourth-order valence-corrected chi connectivity index (χ4v) is 5.67. The quantitative estimate of drug-likeness (QED) is 0.251. The van der Waals surface area contributed by atoms with E-state index in [1.165, 1.54) is 22.3 Å². The zero-order valence-electron chi connectivity index (χ0n) is 23.1. The Morgan fingerprint density at radius 1 is 0.795 bits per heavy atom. The summed E-state index contributed by atoms with van der Waals surface area (Å²) in [5.74, 6) is 1.51. The molecule has 1 aliphatic heterocycles. The molecule has 196 valence electrons. The van der Waals surface area contributed by atoms with Crippen molar-refractivity contribution in [3.05, 3.63) is 124 Å². The van der Waals surface area contributed by atoms with Gasteiger partial charge >= 0.3 is 0 Å². The van der Waals surface area contributed by atoms with Crippen LogP contribution in [-0.4, -0.2) is 18.2 Å². The molecule has 0 radical (unpaired) electrons. The number of nitrogens with one attached hydrogen (secondary N) is 1. The van der Waals surface area contributed by atoms with Gasteiger partial charge in [-0.2, -0.15) is 0 Å². The van der Waals surface area contributed by atoms with Gasteiger partial charge in [-0.15, -0.1) is 0 Å². The van der Waals surface area contributed by atoms with Gasteiger partial charge in [-0.05, 0) is 52.3 Å². The van der Waals surface area contributed by atoms with Crippen LogP contribution in [0.4, 0.5) is 17.1 Å². The SMILES string of the molecule is CC(C)c1cccc(C(C)C)c1N=Cc1ccccc1Nc1ccccc1C1=NC2c3ccccc3CC2O1. The molecular formula is C35H35N3O. The number of benzene rings is 4. The van der Waals surface area contributed by atoms with Gasteiger partial charge in [0.15, 0.2) is 0 Å². The predicted molar refractivity (Wildman–Crippen MR) is 162 cm³/mol. The minimum absolute atomic E-state index is 0.0693. The summed E-state index contributed by atoms with van der Waals surface area (Å²) in [6.07, 6.45) is 2.96. The van der Waals surface area contributed by atoms with Crippen LogP contribution < -0.4 is 5.32 Å². The van der Waals surface area contributed by atoms with E-state index in [9.17, 15) is 0 Å². The minimum Gasteiger partial charge on any atom is -0.471 e. The molecule has 0 aromatic heterocycles. The van der Waals surface area contributed by atoms with Crippen molar-refractivity contribution in [3.63, 3.8) is 0 Å². The summed E-state index contributed by atoms with van der Waals surface area (Å²) < 4.78 is 6.42. The lowest BCUT2D eigenvalue weighted by atomic mass is 9.93. The summed E-state index contributed by atoms with van der Waals surface area (Å²) in [6.45, 7) is 8.91. The first-order valence-electron chi connectivity index (χ1n) is 13.9. The minimum atomic E-state index is 0.0693. The highest BCUT2D eigenvalue weighted by Gasteiger charge is 2.39. The first-order chi connectivity index (χ1) is 19.0. The van der Waals surface area contributed by atoms with Crippen molar-refractivity contribution in [2.75, 3.05) is 5.32 Å². The summed E-state index contributed by atoms with van der Waals surface area (Å²) >= 11 is 0. The second-order valence-corrected chi connectivity index (χ2v) is 11.0. The van der Waals surface area contributed by atoms with E-state index in [-0.39, 0.29) is 12.1 Å². The monoisotopic (exact) mass is 513 g/mol. The Balaban J connectivity index is 1.31. The van der Waals surface area contributed by atoms with Crippen LogP contribution in [0.1, 0.15) is 79.0 Å². The maximum Gasteiger partial charge on any atom is 0.219 e. The molecule has 0 saturated carbocycles. The van der Waals surface area contributed by atoms with E-state index in [4.69, 9.17) is 14.7 Å². The lowest BCUT2D eigenvalue weighted by molar-refractivity contribution is 0.206. The summed E-state index contributed by atoms with van der Waals surface area (Å²) in [5.41, 5.74) is 10.2. The molecule has 0 amide bonds. The summed E-state index contributed by atoms with van der Waals surface area (Å²) in [7, 11) is 0. The highest BCUT2D eigenvalue weighted by Crippen LogP contribution is 2.41. The van der Waals surface area contributed by atoms with Gasteiger partial charge in [-0.25, -0.2) is 4.99 Å². The predicted octanol–water partition coefficient (Wildman–Crippen LogP) is 8.87. The average Bonchev–Trinajstić information content (AvgIpc) is 3.51. The maximum atomic E-state index is 6.42. The van der Waals surface area contributed by atoms with Crippen LogP contribution in [0, 0.1) is 0 Å². The first kappa shape index (κ1) is 25.1. The number of anilines is 2. The lowest BCUT2D eigenvalue weighted by Gasteiger charge is -2.17. The zero-order chi connectivity index (χ0) is 26.9. The number of aliphatic imine (C=N–C) groups is 2. The third kappa shape index (κ3) is 4.87. The molecule has 1 aliphatic carbocycles. The van der Waals surface area contributed by atoms with Gasteiger partial charge in [0.2, 0.25) is 5.90 Å². The highest BCUT2D eigenvalue weighted by molar-refractivity contribution is 6.02. The third-order valence-corrected chi connectivity index (χ3v) is 7.73.